The molecule has 20 heavy (non-hydrogen) atoms. The molecule has 0 aliphatic carbocycles. The minimum Gasteiger partial charge on any atom is -0.379 e. The molecule has 2 aliphatic heterocycles. The van der Waals surface area contributed by atoms with Crippen LogP contribution in [0.4, 0.5) is 14.5 Å². The fraction of sp³-hybridized carbons (Fsp3) is 0.538. The molecule has 0 radical (unpaired) electrons. The van der Waals surface area contributed by atoms with Crippen LogP contribution < -0.4 is 5.32 Å². The van der Waals surface area contributed by atoms with Crippen molar-refractivity contribution in [1.82, 2.24) is 0 Å². The van der Waals surface area contributed by atoms with E-state index in [1.54, 1.807) is 6.07 Å². The zero-order valence-corrected chi connectivity index (χ0v) is 11.4. The Morgan fingerprint density at radius 2 is 2.00 bits per heavy atom. The second-order valence-corrected chi connectivity index (χ2v) is 7.05. The first-order valence-electron chi connectivity index (χ1n) is 6.51. The third kappa shape index (κ3) is 2.29. The van der Waals surface area contributed by atoms with Crippen molar-refractivity contribution >= 4 is 15.5 Å². The molecule has 1 aromatic carbocycles. The molecule has 1 aromatic rings. The van der Waals surface area contributed by atoms with Gasteiger partial charge in [0.2, 0.25) is 9.84 Å². The number of para-hydroxylation sites is 1. The second kappa shape index (κ2) is 4.96. The van der Waals surface area contributed by atoms with E-state index in [9.17, 15) is 17.2 Å². The van der Waals surface area contributed by atoms with Crippen LogP contribution in [0.3, 0.4) is 0 Å². The Labute approximate surface area is 116 Å². The second-order valence-electron chi connectivity index (χ2n) is 5.16. The van der Waals surface area contributed by atoms with Crippen LogP contribution in [-0.4, -0.2) is 32.4 Å². The van der Waals surface area contributed by atoms with Crippen molar-refractivity contribution < 1.29 is 21.9 Å². The van der Waals surface area contributed by atoms with Crippen LogP contribution in [0, 0.1) is 0 Å². The van der Waals surface area contributed by atoms with Crippen LogP contribution in [-0.2, 0) is 14.6 Å². The first kappa shape index (κ1) is 13.8. The Balaban J connectivity index is 1.87. The van der Waals surface area contributed by atoms with Gasteiger partial charge in [-0.2, -0.15) is 8.78 Å². The van der Waals surface area contributed by atoms with E-state index in [-0.39, 0.29) is 28.8 Å². The quantitative estimate of drug-likeness (QED) is 0.928. The molecule has 2 aliphatic rings. The van der Waals surface area contributed by atoms with Gasteiger partial charge < -0.3 is 10.1 Å². The molecule has 2 saturated heterocycles. The smallest absolute Gasteiger partial charge is 0.341 e. The van der Waals surface area contributed by atoms with E-state index in [2.05, 4.69) is 5.32 Å². The molecule has 2 fully saturated rings. The highest BCUT2D eigenvalue weighted by atomic mass is 32.2. The number of nitrogens with one attached hydrogen (secondary N) is 1. The van der Waals surface area contributed by atoms with Crippen molar-refractivity contribution in [2.75, 3.05) is 5.32 Å². The zero-order valence-electron chi connectivity index (χ0n) is 10.6. The molecular formula is C13H15F2NO3S. The standard InChI is InChI=1S/C13H15F2NO3S/c14-13(15)20(17,18)12-4-2-1-3-9(12)16-10-7-8-5-6-11(10)19-8/h1-4,8,10-11,13,16H,5-7H2. The Kier molecular flexibility index (Phi) is 3.41. The van der Waals surface area contributed by atoms with E-state index in [1.807, 2.05) is 0 Å². The van der Waals surface area contributed by atoms with Gasteiger partial charge in [0.15, 0.2) is 0 Å². The molecule has 0 aromatic heterocycles. The van der Waals surface area contributed by atoms with Gasteiger partial charge in [-0.25, -0.2) is 8.42 Å². The van der Waals surface area contributed by atoms with E-state index in [1.165, 1.54) is 18.2 Å². The summed E-state index contributed by atoms with van der Waals surface area (Å²) in [6, 6.07) is 5.78. The SMILES string of the molecule is O=S(=O)(c1ccccc1NC1CC2CCC1O2)C(F)F. The Morgan fingerprint density at radius 3 is 2.60 bits per heavy atom. The number of hydrogen-bond donors (Lipinski definition) is 1. The molecule has 3 unspecified atom stereocenters. The number of anilines is 1. The molecule has 110 valence electrons. The van der Waals surface area contributed by atoms with Crippen LogP contribution in [0.15, 0.2) is 29.2 Å². The summed E-state index contributed by atoms with van der Waals surface area (Å²) in [5.41, 5.74) is 0.231. The molecule has 1 N–H and O–H groups in total. The Bertz CT molecular complexity index is 605. The van der Waals surface area contributed by atoms with Crippen LogP contribution >= 0.6 is 0 Å². The number of hydrogen-bond acceptors (Lipinski definition) is 4. The maximum absolute atomic E-state index is 12.7. The van der Waals surface area contributed by atoms with E-state index < -0.39 is 15.6 Å². The van der Waals surface area contributed by atoms with Gasteiger partial charge in [-0.3, -0.25) is 0 Å². The van der Waals surface area contributed by atoms with E-state index >= 15 is 0 Å². The average Bonchev–Trinajstić information content (AvgIpc) is 3.01. The lowest BCUT2D eigenvalue weighted by Gasteiger charge is -2.22. The van der Waals surface area contributed by atoms with Gasteiger partial charge in [0, 0.05) is 0 Å². The lowest BCUT2D eigenvalue weighted by Crippen LogP contribution is -2.31. The third-order valence-corrected chi connectivity index (χ3v) is 5.31. The van der Waals surface area contributed by atoms with Gasteiger partial charge >= 0.3 is 5.76 Å². The van der Waals surface area contributed by atoms with Crippen molar-refractivity contribution in [3.8, 4) is 0 Å². The van der Waals surface area contributed by atoms with Crippen molar-refractivity contribution in [1.29, 1.82) is 0 Å². The number of ether oxygens (including phenoxy) is 1. The summed E-state index contributed by atoms with van der Waals surface area (Å²) in [6.45, 7) is 0. The van der Waals surface area contributed by atoms with Crippen molar-refractivity contribution in [2.45, 2.75) is 48.2 Å². The fourth-order valence-corrected chi connectivity index (χ4v) is 3.81. The average molecular weight is 303 g/mol. The summed E-state index contributed by atoms with van der Waals surface area (Å²) in [5, 5.41) is 3.06. The molecule has 0 saturated carbocycles. The summed E-state index contributed by atoms with van der Waals surface area (Å²) in [7, 11) is -4.60. The normalized spacial score (nSPS) is 29.1. The van der Waals surface area contributed by atoms with E-state index in [0.717, 1.165) is 19.3 Å². The number of benzene rings is 1. The molecule has 7 heteroatoms. The van der Waals surface area contributed by atoms with Gasteiger partial charge in [-0.1, -0.05) is 12.1 Å². The minimum atomic E-state index is -4.60. The maximum Gasteiger partial charge on any atom is 0.341 e. The van der Waals surface area contributed by atoms with Crippen LogP contribution in [0.2, 0.25) is 0 Å². The summed E-state index contributed by atoms with van der Waals surface area (Å²) in [4.78, 5) is -0.349. The van der Waals surface area contributed by atoms with E-state index in [0.29, 0.717) is 0 Å². The summed E-state index contributed by atoms with van der Waals surface area (Å²) >= 11 is 0. The number of halogens is 2. The Morgan fingerprint density at radius 1 is 1.25 bits per heavy atom. The van der Waals surface area contributed by atoms with Crippen molar-refractivity contribution in [3.63, 3.8) is 0 Å². The highest BCUT2D eigenvalue weighted by Gasteiger charge is 2.41. The monoisotopic (exact) mass is 303 g/mol. The lowest BCUT2D eigenvalue weighted by molar-refractivity contribution is 0.102. The molecule has 3 rings (SSSR count). The predicted octanol–water partition coefficient (Wildman–Crippen LogP) is 2.41. The number of sulfone groups is 1. The van der Waals surface area contributed by atoms with Crippen LogP contribution in [0.1, 0.15) is 19.3 Å². The van der Waals surface area contributed by atoms with E-state index in [4.69, 9.17) is 4.74 Å². The van der Waals surface area contributed by atoms with Gasteiger partial charge in [0.25, 0.3) is 0 Å². The van der Waals surface area contributed by atoms with Gasteiger partial charge in [-0.05, 0) is 31.4 Å². The highest BCUT2D eigenvalue weighted by molar-refractivity contribution is 7.91. The number of alkyl halides is 2. The topological polar surface area (TPSA) is 55.4 Å². The predicted molar refractivity (Wildman–Crippen MR) is 69.6 cm³/mol. The zero-order chi connectivity index (χ0) is 14.3. The van der Waals surface area contributed by atoms with Crippen LogP contribution in [0.5, 0.6) is 0 Å². The van der Waals surface area contributed by atoms with Crippen molar-refractivity contribution in [2.24, 2.45) is 0 Å². The third-order valence-electron chi connectivity index (χ3n) is 3.88. The molecule has 2 heterocycles. The summed E-state index contributed by atoms with van der Waals surface area (Å²) in [6.07, 6.45) is 2.97. The molecule has 3 atom stereocenters. The minimum absolute atomic E-state index is 0.0113. The number of fused-ring (bicyclic) bond motifs is 2. The molecular weight excluding hydrogens is 288 g/mol. The Hall–Kier alpha value is -1.21. The van der Waals surface area contributed by atoms with Gasteiger partial charge in [0.05, 0.1) is 28.8 Å². The highest BCUT2D eigenvalue weighted by Crippen LogP contribution is 2.37. The maximum atomic E-state index is 12.7. The fourth-order valence-electron chi connectivity index (χ4n) is 2.92. The first-order chi connectivity index (χ1) is 9.48. The van der Waals surface area contributed by atoms with Gasteiger partial charge in [0.1, 0.15) is 0 Å². The molecule has 0 spiro atoms. The molecule has 0 amide bonds. The number of rotatable bonds is 4. The first-order valence-corrected chi connectivity index (χ1v) is 8.06. The molecule has 4 nitrogen and oxygen atoms in total. The molecule has 2 bridgehead atoms. The van der Waals surface area contributed by atoms with Gasteiger partial charge in [-0.15, -0.1) is 0 Å². The summed E-state index contributed by atoms with van der Waals surface area (Å²) < 4.78 is 54.4. The van der Waals surface area contributed by atoms with Crippen molar-refractivity contribution in [3.05, 3.63) is 24.3 Å². The lowest BCUT2D eigenvalue weighted by atomic mass is 9.95. The summed E-state index contributed by atoms with van der Waals surface area (Å²) in [5.74, 6) is -3.42. The van der Waals surface area contributed by atoms with Crippen LogP contribution in [0.25, 0.3) is 0 Å². The largest absolute Gasteiger partial charge is 0.379 e.